The van der Waals surface area contributed by atoms with Crippen LogP contribution < -0.4 is 5.32 Å². The topological polar surface area (TPSA) is 12.0 Å². The predicted octanol–water partition coefficient (Wildman–Crippen LogP) is 5.57. The zero-order valence-corrected chi connectivity index (χ0v) is 12.1. The Morgan fingerprint density at radius 1 is 0.944 bits per heavy atom. The molecule has 0 spiro atoms. The third-order valence-corrected chi connectivity index (χ3v) is 4.04. The minimum atomic E-state index is 0.568. The van der Waals surface area contributed by atoms with Crippen LogP contribution in [0.25, 0.3) is 0 Å². The van der Waals surface area contributed by atoms with E-state index in [0.717, 1.165) is 21.8 Å². The van der Waals surface area contributed by atoms with Gasteiger partial charge in [0.15, 0.2) is 0 Å². The first-order valence-electron chi connectivity index (χ1n) is 5.51. The Morgan fingerprint density at radius 3 is 2.39 bits per heavy atom. The highest BCUT2D eigenvalue weighted by Gasteiger charge is 2.05. The van der Waals surface area contributed by atoms with Gasteiger partial charge in [0.25, 0.3) is 0 Å². The lowest BCUT2D eigenvalue weighted by molar-refractivity contribution is 1.14. The SMILES string of the molecule is Cc1c(Cl)cccc1NCc1cccc(Cl)c1Cl. The first-order valence-corrected chi connectivity index (χ1v) is 6.65. The second kappa shape index (κ2) is 5.83. The van der Waals surface area contributed by atoms with Crippen molar-refractivity contribution in [2.75, 3.05) is 5.32 Å². The minimum absolute atomic E-state index is 0.568. The fourth-order valence-corrected chi connectivity index (χ4v) is 2.24. The van der Waals surface area contributed by atoms with Gasteiger partial charge in [0, 0.05) is 17.3 Å². The van der Waals surface area contributed by atoms with E-state index >= 15 is 0 Å². The van der Waals surface area contributed by atoms with Crippen molar-refractivity contribution in [1.82, 2.24) is 0 Å². The summed E-state index contributed by atoms with van der Waals surface area (Å²) < 4.78 is 0. The van der Waals surface area contributed by atoms with Crippen molar-refractivity contribution in [2.45, 2.75) is 13.5 Å². The molecule has 0 aliphatic heterocycles. The summed E-state index contributed by atoms with van der Waals surface area (Å²) in [6.07, 6.45) is 0. The molecule has 2 rings (SSSR count). The number of benzene rings is 2. The van der Waals surface area contributed by atoms with Crippen LogP contribution in [-0.2, 0) is 6.54 Å². The molecule has 0 aromatic heterocycles. The molecule has 4 heteroatoms. The number of hydrogen-bond donors (Lipinski definition) is 1. The maximum absolute atomic E-state index is 6.13. The van der Waals surface area contributed by atoms with Crippen LogP contribution in [0.1, 0.15) is 11.1 Å². The highest BCUT2D eigenvalue weighted by molar-refractivity contribution is 6.42. The molecule has 0 aliphatic rings. The third-order valence-electron chi connectivity index (χ3n) is 2.77. The Kier molecular flexibility index (Phi) is 4.39. The van der Waals surface area contributed by atoms with Crippen LogP contribution in [0, 0.1) is 6.92 Å². The number of anilines is 1. The predicted molar refractivity (Wildman–Crippen MR) is 80.0 cm³/mol. The number of nitrogens with one attached hydrogen (secondary N) is 1. The molecule has 0 saturated carbocycles. The average molecular weight is 301 g/mol. The molecule has 0 unspecified atom stereocenters. The second-order valence-corrected chi connectivity index (χ2v) is 5.17. The summed E-state index contributed by atoms with van der Waals surface area (Å²) in [6, 6.07) is 11.4. The largest absolute Gasteiger partial charge is 0.381 e. The van der Waals surface area contributed by atoms with E-state index in [1.54, 1.807) is 6.07 Å². The van der Waals surface area contributed by atoms with Gasteiger partial charge in [-0.1, -0.05) is 53.0 Å². The van der Waals surface area contributed by atoms with Gasteiger partial charge in [-0.15, -0.1) is 0 Å². The van der Waals surface area contributed by atoms with Gasteiger partial charge in [-0.3, -0.25) is 0 Å². The van der Waals surface area contributed by atoms with Crippen LogP contribution in [0.5, 0.6) is 0 Å². The standard InChI is InChI=1S/C14H12Cl3N/c1-9-11(15)5-3-7-13(9)18-8-10-4-2-6-12(16)14(10)17/h2-7,18H,8H2,1H3. The molecule has 0 atom stereocenters. The molecule has 0 aliphatic carbocycles. The van der Waals surface area contributed by atoms with Crippen LogP contribution in [0.2, 0.25) is 15.1 Å². The molecule has 0 radical (unpaired) electrons. The number of halogens is 3. The van der Waals surface area contributed by atoms with Crippen molar-refractivity contribution in [1.29, 1.82) is 0 Å². The summed E-state index contributed by atoms with van der Waals surface area (Å²) in [6.45, 7) is 2.59. The van der Waals surface area contributed by atoms with Crippen molar-refractivity contribution < 1.29 is 0 Å². The first kappa shape index (κ1) is 13.5. The summed E-state index contributed by atoms with van der Waals surface area (Å²) in [5.41, 5.74) is 2.99. The molecule has 0 saturated heterocycles. The molecule has 0 bridgehead atoms. The molecular formula is C14H12Cl3N. The van der Waals surface area contributed by atoms with Gasteiger partial charge in [0.1, 0.15) is 0 Å². The lowest BCUT2D eigenvalue weighted by Crippen LogP contribution is -2.01. The van der Waals surface area contributed by atoms with Crippen molar-refractivity contribution in [3.05, 3.63) is 62.6 Å². The zero-order valence-electron chi connectivity index (χ0n) is 9.81. The Hall–Kier alpha value is -0.890. The zero-order chi connectivity index (χ0) is 13.1. The molecule has 18 heavy (non-hydrogen) atoms. The maximum atomic E-state index is 6.13. The van der Waals surface area contributed by atoms with E-state index in [1.165, 1.54) is 0 Å². The molecule has 1 nitrogen and oxygen atoms in total. The Balaban J connectivity index is 2.17. The third kappa shape index (κ3) is 2.92. The lowest BCUT2D eigenvalue weighted by Gasteiger charge is -2.12. The molecule has 0 amide bonds. The van der Waals surface area contributed by atoms with E-state index in [4.69, 9.17) is 34.8 Å². The number of rotatable bonds is 3. The average Bonchev–Trinajstić information content (AvgIpc) is 2.36. The molecule has 2 aromatic carbocycles. The highest BCUT2D eigenvalue weighted by atomic mass is 35.5. The second-order valence-electron chi connectivity index (χ2n) is 3.98. The molecule has 2 aromatic rings. The summed E-state index contributed by atoms with van der Waals surface area (Å²) in [7, 11) is 0. The quantitative estimate of drug-likeness (QED) is 0.781. The van der Waals surface area contributed by atoms with Crippen molar-refractivity contribution in [3.8, 4) is 0 Å². The van der Waals surface area contributed by atoms with Gasteiger partial charge in [0.05, 0.1) is 10.0 Å². The monoisotopic (exact) mass is 299 g/mol. The Morgan fingerprint density at radius 2 is 1.61 bits per heavy atom. The lowest BCUT2D eigenvalue weighted by atomic mass is 10.1. The Labute approximate surface area is 122 Å². The van der Waals surface area contributed by atoms with Crippen molar-refractivity contribution in [2.24, 2.45) is 0 Å². The summed E-state index contributed by atoms with van der Waals surface area (Å²) in [5, 5.41) is 5.22. The van der Waals surface area contributed by atoms with Gasteiger partial charge in [-0.05, 0) is 36.2 Å². The summed E-state index contributed by atoms with van der Waals surface area (Å²) in [4.78, 5) is 0. The summed E-state index contributed by atoms with van der Waals surface area (Å²) in [5.74, 6) is 0. The molecule has 1 N–H and O–H groups in total. The van der Waals surface area contributed by atoms with E-state index < -0.39 is 0 Å². The van der Waals surface area contributed by atoms with Crippen molar-refractivity contribution >= 4 is 40.5 Å². The van der Waals surface area contributed by atoms with Crippen LogP contribution in [0.15, 0.2) is 36.4 Å². The van der Waals surface area contributed by atoms with Gasteiger partial charge < -0.3 is 5.32 Å². The van der Waals surface area contributed by atoms with Gasteiger partial charge in [0.2, 0.25) is 0 Å². The first-order chi connectivity index (χ1) is 8.59. The fraction of sp³-hybridized carbons (Fsp3) is 0.143. The smallest absolute Gasteiger partial charge is 0.0642 e. The maximum Gasteiger partial charge on any atom is 0.0642 e. The summed E-state index contributed by atoms with van der Waals surface area (Å²) >= 11 is 18.2. The van der Waals surface area contributed by atoms with Gasteiger partial charge in [-0.25, -0.2) is 0 Å². The van der Waals surface area contributed by atoms with E-state index in [1.807, 2.05) is 37.3 Å². The van der Waals surface area contributed by atoms with E-state index in [-0.39, 0.29) is 0 Å². The molecule has 0 fully saturated rings. The van der Waals surface area contributed by atoms with Gasteiger partial charge in [-0.2, -0.15) is 0 Å². The van der Waals surface area contributed by atoms with E-state index in [9.17, 15) is 0 Å². The van der Waals surface area contributed by atoms with E-state index in [2.05, 4.69) is 5.32 Å². The fourth-order valence-electron chi connectivity index (χ4n) is 1.67. The van der Waals surface area contributed by atoms with Crippen LogP contribution in [-0.4, -0.2) is 0 Å². The van der Waals surface area contributed by atoms with Crippen LogP contribution in [0.4, 0.5) is 5.69 Å². The van der Waals surface area contributed by atoms with Crippen LogP contribution >= 0.6 is 34.8 Å². The van der Waals surface area contributed by atoms with E-state index in [0.29, 0.717) is 16.6 Å². The normalized spacial score (nSPS) is 10.4. The Bertz CT molecular complexity index is 515. The van der Waals surface area contributed by atoms with Gasteiger partial charge >= 0.3 is 0 Å². The van der Waals surface area contributed by atoms with Crippen LogP contribution in [0.3, 0.4) is 0 Å². The highest BCUT2D eigenvalue weighted by Crippen LogP contribution is 2.27. The molecule has 0 heterocycles. The molecule has 94 valence electrons. The minimum Gasteiger partial charge on any atom is -0.381 e. The molecular weight excluding hydrogens is 289 g/mol. The number of hydrogen-bond acceptors (Lipinski definition) is 1. The van der Waals surface area contributed by atoms with Crippen molar-refractivity contribution in [3.63, 3.8) is 0 Å².